The number of anilines is 1. The molecule has 24 heavy (non-hydrogen) atoms. The lowest BCUT2D eigenvalue weighted by molar-refractivity contribution is 0.413. The van der Waals surface area contributed by atoms with Crippen LogP contribution in [0.1, 0.15) is 12.5 Å². The first kappa shape index (κ1) is 18.3. The molecule has 130 valence electrons. The molecular formula is C18H24N2O3S. The highest BCUT2D eigenvalue weighted by molar-refractivity contribution is 7.89. The summed E-state index contributed by atoms with van der Waals surface area (Å²) in [5.74, 6) is 0.635. The van der Waals surface area contributed by atoms with Crippen molar-refractivity contribution in [2.24, 2.45) is 0 Å². The summed E-state index contributed by atoms with van der Waals surface area (Å²) in [6, 6.07) is 14.4. The maximum atomic E-state index is 12.8. The highest BCUT2D eigenvalue weighted by Gasteiger charge is 2.23. The van der Waals surface area contributed by atoms with Gasteiger partial charge in [-0.15, -0.1) is 0 Å². The predicted octanol–water partition coefficient (Wildman–Crippen LogP) is 2.97. The third-order valence-corrected chi connectivity index (χ3v) is 5.80. The van der Waals surface area contributed by atoms with Crippen LogP contribution in [0.4, 0.5) is 5.69 Å². The van der Waals surface area contributed by atoms with Crippen LogP contribution in [-0.4, -0.2) is 40.5 Å². The fraction of sp³-hybridized carbons (Fsp3) is 0.333. The number of nitrogens with zero attached hydrogens (tertiary/aromatic N) is 2. The van der Waals surface area contributed by atoms with Gasteiger partial charge in [-0.2, -0.15) is 4.31 Å². The standard InChI is InChI=1S/C18H24N2O3S/c1-5-20(14-15-6-8-16(9-7-15)19(2)3)24(21,22)18-12-10-17(23-4)11-13-18/h6-13H,5,14H2,1-4H3. The minimum absolute atomic E-state index is 0.273. The van der Waals surface area contributed by atoms with E-state index >= 15 is 0 Å². The topological polar surface area (TPSA) is 49.9 Å². The van der Waals surface area contributed by atoms with Crippen LogP contribution < -0.4 is 9.64 Å². The van der Waals surface area contributed by atoms with Crippen LogP contribution in [0, 0.1) is 0 Å². The van der Waals surface area contributed by atoms with Gasteiger partial charge in [0.1, 0.15) is 5.75 Å². The SMILES string of the molecule is CCN(Cc1ccc(N(C)C)cc1)S(=O)(=O)c1ccc(OC)cc1. The average Bonchev–Trinajstić information content (AvgIpc) is 2.59. The van der Waals surface area contributed by atoms with Gasteiger partial charge in [0.2, 0.25) is 10.0 Å². The Morgan fingerprint density at radius 2 is 1.54 bits per heavy atom. The molecule has 0 fully saturated rings. The molecule has 0 bridgehead atoms. The van der Waals surface area contributed by atoms with Gasteiger partial charge in [0.25, 0.3) is 0 Å². The molecule has 0 N–H and O–H groups in total. The van der Waals surface area contributed by atoms with E-state index in [0.717, 1.165) is 11.3 Å². The number of rotatable bonds is 7. The van der Waals surface area contributed by atoms with E-state index in [-0.39, 0.29) is 4.90 Å². The van der Waals surface area contributed by atoms with Crippen LogP contribution in [0.15, 0.2) is 53.4 Å². The van der Waals surface area contributed by atoms with Gasteiger partial charge in [-0.25, -0.2) is 8.42 Å². The molecule has 6 heteroatoms. The maximum Gasteiger partial charge on any atom is 0.243 e. The zero-order chi connectivity index (χ0) is 17.7. The third kappa shape index (κ3) is 4.07. The number of ether oxygens (including phenoxy) is 1. The molecule has 2 rings (SSSR count). The monoisotopic (exact) mass is 348 g/mol. The summed E-state index contributed by atoms with van der Waals surface area (Å²) in [7, 11) is 1.97. The van der Waals surface area contributed by atoms with E-state index in [4.69, 9.17) is 4.74 Å². The van der Waals surface area contributed by atoms with Crippen LogP contribution in [-0.2, 0) is 16.6 Å². The molecule has 0 heterocycles. The van der Waals surface area contributed by atoms with E-state index in [9.17, 15) is 8.42 Å². The molecular weight excluding hydrogens is 324 g/mol. The molecule has 0 spiro atoms. The molecule has 2 aromatic carbocycles. The lowest BCUT2D eigenvalue weighted by atomic mass is 10.2. The molecule has 0 saturated heterocycles. The zero-order valence-corrected chi connectivity index (χ0v) is 15.4. The Bertz CT molecular complexity index is 754. The molecule has 0 saturated carbocycles. The largest absolute Gasteiger partial charge is 0.497 e. The molecule has 0 amide bonds. The van der Waals surface area contributed by atoms with Gasteiger partial charge in [0, 0.05) is 32.9 Å². The van der Waals surface area contributed by atoms with Gasteiger partial charge >= 0.3 is 0 Å². The van der Waals surface area contributed by atoms with Gasteiger partial charge < -0.3 is 9.64 Å². The number of benzene rings is 2. The Kier molecular flexibility index (Phi) is 5.85. The third-order valence-electron chi connectivity index (χ3n) is 3.86. The van der Waals surface area contributed by atoms with E-state index in [1.807, 2.05) is 50.2 Å². The van der Waals surface area contributed by atoms with Crippen LogP contribution in [0.2, 0.25) is 0 Å². The zero-order valence-electron chi connectivity index (χ0n) is 14.6. The summed E-state index contributed by atoms with van der Waals surface area (Å²) in [6.45, 7) is 2.59. The summed E-state index contributed by atoms with van der Waals surface area (Å²) in [6.07, 6.45) is 0. The smallest absolute Gasteiger partial charge is 0.243 e. The van der Waals surface area contributed by atoms with Gasteiger partial charge in [-0.3, -0.25) is 0 Å². The molecule has 0 aliphatic carbocycles. The van der Waals surface area contributed by atoms with Gasteiger partial charge in [0.15, 0.2) is 0 Å². The molecule has 0 aliphatic rings. The van der Waals surface area contributed by atoms with E-state index < -0.39 is 10.0 Å². The Morgan fingerprint density at radius 1 is 0.958 bits per heavy atom. The van der Waals surface area contributed by atoms with Crippen molar-refractivity contribution in [2.45, 2.75) is 18.4 Å². The van der Waals surface area contributed by atoms with Crippen molar-refractivity contribution < 1.29 is 13.2 Å². The summed E-state index contributed by atoms with van der Waals surface area (Å²) < 4.78 is 32.2. The molecule has 2 aromatic rings. The summed E-state index contributed by atoms with van der Waals surface area (Å²) in [5.41, 5.74) is 2.04. The molecule has 0 unspecified atom stereocenters. The van der Waals surface area contributed by atoms with E-state index in [1.165, 1.54) is 4.31 Å². The van der Waals surface area contributed by atoms with Crippen molar-refractivity contribution in [3.63, 3.8) is 0 Å². The molecule has 5 nitrogen and oxygen atoms in total. The minimum Gasteiger partial charge on any atom is -0.497 e. The normalized spacial score (nSPS) is 11.5. The molecule has 0 aromatic heterocycles. The van der Waals surface area contributed by atoms with Crippen molar-refractivity contribution in [1.29, 1.82) is 0 Å². The van der Waals surface area contributed by atoms with Gasteiger partial charge in [-0.05, 0) is 42.0 Å². The lowest BCUT2D eigenvalue weighted by Gasteiger charge is -2.21. The fourth-order valence-electron chi connectivity index (χ4n) is 2.37. The van der Waals surface area contributed by atoms with Crippen molar-refractivity contribution in [2.75, 3.05) is 32.6 Å². The van der Waals surface area contributed by atoms with Crippen LogP contribution >= 0.6 is 0 Å². The lowest BCUT2D eigenvalue weighted by Crippen LogP contribution is -2.30. The van der Waals surface area contributed by atoms with Crippen molar-refractivity contribution >= 4 is 15.7 Å². The Balaban J connectivity index is 2.22. The predicted molar refractivity (Wildman–Crippen MR) is 97.0 cm³/mol. The summed E-state index contributed by atoms with van der Waals surface area (Å²) >= 11 is 0. The first-order valence-corrected chi connectivity index (χ1v) is 9.23. The Labute approximate surface area is 144 Å². The minimum atomic E-state index is -3.53. The van der Waals surface area contributed by atoms with Crippen molar-refractivity contribution in [1.82, 2.24) is 4.31 Å². The quantitative estimate of drug-likeness (QED) is 0.772. The Hall–Kier alpha value is -2.05. The van der Waals surface area contributed by atoms with Gasteiger partial charge in [-0.1, -0.05) is 19.1 Å². The highest BCUT2D eigenvalue weighted by atomic mass is 32.2. The second-order valence-corrected chi connectivity index (χ2v) is 7.61. The summed E-state index contributed by atoms with van der Waals surface area (Å²) in [4.78, 5) is 2.28. The van der Waals surface area contributed by atoms with Crippen LogP contribution in [0.5, 0.6) is 5.75 Å². The first-order chi connectivity index (χ1) is 11.4. The number of sulfonamides is 1. The highest BCUT2D eigenvalue weighted by Crippen LogP contribution is 2.22. The second kappa shape index (κ2) is 7.68. The number of methoxy groups -OCH3 is 1. The Morgan fingerprint density at radius 3 is 2.00 bits per heavy atom. The van der Waals surface area contributed by atoms with Crippen LogP contribution in [0.25, 0.3) is 0 Å². The van der Waals surface area contributed by atoms with E-state index in [0.29, 0.717) is 18.8 Å². The maximum absolute atomic E-state index is 12.8. The average molecular weight is 348 g/mol. The molecule has 0 aliphatic heterocycles. The van der Waals surface area contributed by atoms with Crippen molar-refractivity contribution in [3.05, 3.63) is 54.1 Å². The van der Waals surface area contributed by atoms with Crippen LogP contribution in [0.3, 0.4) is 0 Å². The van der Waals surface area contributed by atoms with E-state index in [1.54, 1.807) is 31.4 Å². The number of hydrogen-bond donors (Lipinski definition) is 0. The molecule has 0 radical (unpaired) electrons. The fourth-order valence-corrected chi connectivity index (χ4v) is 3.80. The van der Waals surface area contributed by atoms with E-state index in [2.05, 4.69) is 0 Å². The van der Waals surface area contributed by atoms with Crippen molar-refractivity contribution in [3.8, 4) is 5.75 Å². The number of hydrogen-bond acceptors (Lipinski definition) is 4. The van der Waals surface area contributed by atoms with Gasteiger partial charge in [0.05, 0.1) is 12.0 Å². The first-order valence-electron chi connectivity index (χ1n) is 7.79. The second-order valence-electron chi connectivity index (χ2n) is 5.67. The summed E-state index contributed by atoms with van der Waals surface area (Å²) in [5, 5.41) is 0. The molecule has 0 atom stereocenters.